The molecular formula is C16H24FN3O3. The molecule has 1 unspecified atom stereocenters. The van der Waals surface area contributed by atoms with Gasteiger partial charge in [-0.1, -0.05) is 0 Å². The number of aromatic nitrogens is 1. The molecule has 1 aromatic heterocycles. The van der Waals surface area contributed by atoms with Gasteiger partial charge < -0.3 is 19.3 Å². The number of hydrogen-bond acceptors (Lipinski definition) is 5. The van der Waals surface area contributed by atoms with Gasteiger partial charge in [0.15, 0.2) is 11.6 Å². The third-order valence-corrected chi connectivity index (χ3v) is 3.55. The maximum atomic E-state index is 14.0. The summed E-state index contributed by atoms with van der Waals surface area (Å²) >= 11 is 0. The molecule has 0 aliphatic carbocycles. The molecule has 1 aromatic rings. The van der Waals surface area contributed by atoms with Gasteiger partial charge in [-0.15, -0.1) is 0 Å². The summed E-state index contributed by atoms with van der Waals surface area (Å²) in [4.78, 5) is 19.0. The van der Waals surface area contributed by atoms with Crippen molar-refractivity contribution in [1.82, 2.24) is 9.88 Å². The van der Waals surface area contributed by atoms with Gasteiger partial charge >= 0.3 is 0 Å². The van der Waals surface area contributed by atoms with Crippen LogP contribution in [0.15, 0.2) is 18.3 Å². The maximum absolute atomic E-state index is 14.0. The SMILES string of the molecule is CN(C)C(=O)COCC1CN(c2ncccc2F)CC(C)(C)O1. The summed E-state index contributed by atoms with van der Waals surface area (Å²) in [5.74, 6) is -0.140. The first kappa shape index (κ1) is 17.6. The first-order chi connectivity index (χ1) is 10.8. The van der Waals surface area contributed by atoms with Crippen molar-refractivity contribution in [1.29, 1.82) is 0 Å². The maximum Gasteiger partial charge on any atom is 0.248 e. The van der Waals surface area contributed by atoms with Crippen molar-refractivity contribution in [2.75, 3.05) is 45.3 Å². The van der Waals surface area contributed by atoms with Crippen molar-refractivity contribution in [3.63, 3.8) is 0 Å². The first-order valence-electron chi connectivity index (χ1n) is 7.60. The highest BCUT2D eigenvalue weighted by Gasteiger charge is 2.35. The summed E-state index contributed by atoms with van der Waals surface area (Å²) in [6, 6.07) is 2.96. The van der Waals surface area contributed by atoms with Gasteiger partial charge in [0.1, 0.15) is 6.61 Å². The summed E-state index contributed by atoms with van der Waals surface area (Å²) in [5, 5.41) is 0. The van der Waals surface area contributed by atoms with Crippen LogP contribution in [0.2, 0.25) is 0 Å². The van der Waals surface area contributed by atoms with Gasteiger partial charge in [0.2, 0.25) is 5.91 Å². The van der Waals surface area contributed by atoms with Gasteiger partial charge in [0.25, 0.3) is 0 Å². The van der Waals surface area contributed by atoms with Crippen LogP contribution in [0, 0.1) is 5.82 Å². The van der Waals surface area contributed by atoms with Gasteiger partial charge in [-0.25, -0.2) is 9.37 Å². The summed E-state index contributed by atoms with van der Waals surface area (Å²) in [7, 11) is 3.36. The molecule has 0 N–H and O–H groups in total. The van der Waals surface area contributed by atoms with E-state index in [1.165, 1.54) is 11.0 Å². The second-order valence-electron chi connectivity index (χ2n) is 6.49. The molecule has 0 radical (unpaired) electrons. The van der Waals surface area contributed by atoms with E-state index in [2.05, 4.69) is 4.98 Å². The number of hydrogen-bond donors (Lipinski definition) is 0. The molecule has 7 heteroatoms. The van der Waals surface area contributed by atoms with Crippen molar-refractivity contribution >= 4 is 11.7 Å². The van der Waals surface area contributed by atoms with E-state index in [0.717, 1.165) is 0 Å². The fourth-order valence-corrected chi connectivity index (χ4v) is 2.56. The van der Waals surface area contributed by atoms with Gasteiger partial charge in [0.05, 0.1) is 18.3 Å². The van der Waals surface area contributed by atoms with Crippen molar-refractivity contribution in [2.24, 2.45) is 0 Å². The molecule has 1 fully saturated rings. The molecule has 1 atom stereocenters. The minimum Gasteiger partial charge on any atom is -0.369 e. The van der Waals surface area contributed by atoms with Crippen LogP contribution in [0.5, 0.6) is 0 Å². The molecule has 6 nitrogen and oxygen atoms in total. The van der Waals surface area contributed by atoms with E-state index in [9.17, 15) is 9.18 Å². The number of nitrogens with zero attached hydrogens (tertiary/aromatic N) is 3. The largest absolute Gasteiger partial charge is 0.369 e. The summed E-state index contributed by atoms with van der Waals surface area (Å²) < 4.78 is 25.4. The fourth-order valence-electron chi connectivity index (χ4n) is 2.56. The van der Waals surface area contributed by atoms with E-state index in [4.69, 9.17) is 9.47 Å². The number of anilines is 1. The van der Waals surface area contributed by atoms with Crippen LogP contribution < -0.4 is 4.90 Å². The number of ether oxygens (including phenoxy) is 2. The Hall–Kier alpha value is -1.73. The lowest BCUT2D eigenvalue weighted by molar-refractivity contribution is -0.139. The molecule has 0 bridgehead atoms. The van der Waals surface area contributed by atoms with Crippen LogP contribution >= 0.6 is 0 Å². The number of carbonyl (C=O) groups excluding carboxylic acids is 1. The Bertz CT molecular complexity index is 551. The van der Waals surface area contributed by atoms with Crippen LogP contribution in [-0.4, -0.2) is 67.9 Å². The summed E-state index contributed by atoms with van der Waals surface area (Å²) in [6.07, 6.45) is 1.32. The highest BCUT2D eigenvalue weighted by Crippen LogP contribution is 2.26. The van der Waals surface area contributed by atoms with Crippen LogP contribution in [0.3, 0.4) is 0 Å². The van der Waals surface area contributed by atoms with Gasteiger partial charge in [0, 0.05) is 33.4 Å². The lowest BCUT2D eigenvalue weighted by Crippen LogP contribution is -2.54. The number of likely N-dealkylation sites (N-methyl/N-ethyl adjacent to an activating group) is 1. The molecule has 0 spiro atoms. The smallest absolute Gasteiger partial charge is 0.248 e. The second kappa shape index (κ2) is 7.23. The van der Waals surface area contributed by atoms with Crippen LogP contribution in [0.1, 0.15) is 13.8 Å². The molecule has 0 aromatic carbocycles. The van der Waals surface area contributed by atoms with E-state index in [1.807, 2.05) is 18.7 Å². The van der Waals surface area contributed by atoms with Crippen molar-refractivity contribution in [2.45, 2.75) is 25.6 Å². The molecule has 0 saturated carbocycles. The number of pyridine rings is 1. The van der Waals surface area contributed by atoms with E-state index < -0.39 is 5.60 Å². The van der Waals surface area contributed by atoms with Crippen molar-refractivity contribution < 1.29 is 18.7 Å². The van der Waals surface area contributed by atoms with Gasteiger partial charge in [-0.2, -0.15) is 0 Å². The van der Waals surface area contributed by atoms with E-state index in [-0.39, 0.29) is 31.0 Å². The first-order valence-corrected chi connectivity index (χ1v) is 7.60. The molecule has 1 amide bonds. The Labute approximate surface area is 136 Å². The number of amides is 1. The zero-order valence-corrected chi connectivity index (χ0v) is 14.1. The molecule has 128 valence electrons. The average Bonchev–Trinajstić information content (AvgIpc) is 2.45. The highest BCUT2D eigenvalue weighted by atomic mass is 19.1. The lowest BCUT2D eigenvalue weighted by atomic mass is 10.1. The zero-order chi connectivity index (χ0) is 17.0. The molecule has 2 rings (SSSR count). The highest BCUT2D eigenvalue weighted by molar-refractivity contribution is 5.76. The average molecular weight is 325 g/mol. The van der Waals surface area contributed by atoms with Crippen LogP contribution in [0.4, 0.5) is 10.2 Å². The standard InChI is InChI=1S/C16H24FN3O3/c1-16(2)11-20(15-13(17)6-5-7-18-15)8-12(23-16)9-22-10-14(21)19(3)4/h5-7,12H,8-11H2,1-4H3. The quantitative estimate of drug-likeness (QED) is 0.817. The zero-order valence-electron chi connectivity index (χ0n) is 14.1. The Morgan fingerprint density at radius 2 is 2.30 bits per heavy atom. The Kier molecular flexibility index (Phi) is 5.54. The third kappa shape index (κ3) is 4.87. The number of carbonyl (C=O) groups is 1. The summed E-state index contributed by atoms with van der Waals surface area (Å²) in [6.45, 7) is 5.16. The number of rotatable bonds is 5. The van der Waals surface area contributed by atoms with Gasteiger partial charge in [-0.3, -0.25) is 4.79 Å². The van der Waals surface area contributed by atoms with Crippen LogP contribution in [0.25, 0.3) is 0 Å². The second-order valence-corrected chi connectivity index (χ2v) is 6.49. The minimum absolute atomic E-state index is 0.00520. The molecule has 1 aliphatic rings. The predicted molar refractivity (Wildman–Crippen MR) is 84.9 cm³/mol. The number of morpholine rings is 1. The predicted octanol–water partition coefficient (Wildman–Crippen LogP) is 1.31. The van der Waals surface area contributed by atoms with E-state index in [1.54, 1.807) is 26.4 Å². The molecule has 1 saturated heterocycles. The normalized spacial score (nSPS) is 20.4. The Morgan fingerprint density at radius 1 is 1.57 bits per heavy atom. The van der Waals surface area contributed by atoms with Crippen LogP contribution in [-0.2, 0) is 14.3 Å². The number of halogens is 1. The fraction of sp³-hybridized carbons (Fsp3) is 0.625. The van der Waals surface area contributed by atoms with E-state index >= 15 is 0 Å². The molecule has 1 aliphatic heterocycles. The lowest BCUT2D eigenvalue weighted by Gasteiger charge is -2.43. The topological polar surface area (TPSA) is 54.9 Å². The minimum atomic E-state index is -0.457. The van der Waals surface area contributed by atoms with E-state index in [0.29, 0.717) is 18.9 Å². The third-order valence-electron chi connectivity index (χ3n) is 3.55. The molecule has 2 heterocycles. The summed E-state index contributed by atoms with van der Waals surface area (Å²) in [5.41, 5.74) is -0.457. The molecule has 23 heavy (non-hydrogen) atoms. The Morgan fingerprint density at radius 3 is 2.96 bits per heavy atom. The van der Waals surface area contributed by atoms with Crippen molar-refractivity contribution in [3.8, 4) is 0 Å². The van der Waals surface area contributed by atoms with Gasteiger partial charge in [-0.05, 0) is 26.0 Å². The monoisotopic (exact) mass is 325 g/mol. The van der Waals surface area contributed by atoms with Crippen molar-refractivity contribution in [3.05, 3.63) is 24.1 Å². The Balaban J connectivity index is 1.99. The molecular weight excluding hydrogens is 301 g/mol.